The van der Waals surface area contributed by atoms with Crippen molar-refractivity contribution in [2.75, 3.05) is 6.54 Å². The van der Waals surface area contributed by atoms with Crippen LogP contribution in [-0.2, 0) is 0 Å². The van der Waals surface area contributed by atoms with Crippen LogP contribution in [0.25, 0.3) is 0 Å². The minimum atomic E-state index is 0.707. The zero-order valence-electron chi connectivity index (χ0n) is 12.3. The average Bonchev–Trinajstić information content (AvgIpc) is 2.27. The van der Waals surface area contributed by atoms with E-state index in [0.29, 0.717) is 6.04 Å². The number of hydrogen-bond donors (Lipinski definition) is 1. The van der Waals surface area contributed by atoms with Crippen molar-refractivity contribution >= 4 is 0 Å². The Labute approximate surface area is 103 Å². The molecule has 3 atom stereocenters. The average molecular weight is 227 g/mol. The highest BCUT2D eigenvalue weighted by atomic mass is 14.9. The fourth-order valence-corrected chi connectivity index (χ4v) is 2.51. The van der Waals surface area contributed by atoms with Crippen molar-refractivity contribution in [2.24, 2.45) is 17.8 Å². The Morgan fingerprint density at radius 2 is 1.56 bits per heavy atom. The van der Waals surface area contributed by atoms with Crippen LogP contribution in [0.5, 0.6) is 0 Å². The zero-order valence-corrected chi connectivity index (χ0v) is 12.3. The lowest BCUT2D eigenvalue weighted by atomic mass is 9.82. The van der Waals surface area contributed by atoms with Crippen molar-refractivity contribution in [3.8, 4) is 0 Å². The van der Waals surface area contributed by atoms with E-state index in [2.05, 4.69) is 46.9 Å². The van der Waals surface area contributed by atoms with Crippen molar-refractivity contribution in [2.45, 2.75) is 73.3 Å². The van der Waals surface area contributed by atoms with Gasteiger partial charge < -0.3 is 5.32 Å². The Morgan fingerprint density at radius 3 is 1.94 bits per heavy atom. The fourth-order valence-electron chi connectivity index (χ4n) is 2.51. The van der Waals surface area contributed by atoms with Crippen molar-refractivity contribution in [3.05, 3.63) is 0 Å². The molecular formula is C15H33N. The van der Waals surface area contributed by atoms with Gasteiger partial charge in [-0.25, -0.2) is 0 Å². The third kappa shape index (κ3) is 5.89. The van der Waals surface area contributed by atoms with Crippen LogP contribution in [0.15, 0.2) is 0 Å². The highest BCUT2D eigenvalue weighted by Crippen LogP contribution is 2.25. The van der Waals surface area contributed by atoms with Crippen LogP contribution in [0.3, 0.4) is 0 Å². The molecule has 0 aromatic carbocycles. The van der Waals surface area contributed by atoms with E-state index >= 15 is 0 Å². The summed E-state index contributed by atoms with van der Waals surface area (Å²) in [7, 11) is 0. The van der Waals surface area contributed by atoms with Crippen molar-refractivity contribution < 1.29 is 0 Å². The summed E-state index contributed by atoms with van der Waals surface area (Å²) in [6.45, 7) is 15.2. The normalized spacial score (nSPS) is 17.4. The second kappa shape index (κ2) is 9.04. The molecule has 0 radical (unpaired) electrons. The molecule has 1 nitrogen and oxygen atoms in total. The van der Waals surface area contributed by atoms with Crippen molar-refractivity contribution in [3.63, 3.8) is 0 Å². The number of rotatable bonds is 9. The predicted molar refractivity (Wildman–Crippen MR) is 74.8 cm³/mol. The first kappa shape index (κ1) is 16.0. The first-order valence-electron chi connectivity index (χ1n) is 7.30. The summed E-state index contributed by atoms with van der Waals surface area (Å²) in [6.07, 6.45) is 5.24. The first-order chi connectivity index (χ1) is 7.56. The number of nitrogens with one attached hydrogen (secondary N) is 1. The lowest BCUT2D eigenvalue weighted by Crippen LogP contribution is -2.41. The van der Waals surface area contributed by atoms with Gasteiger partial charge in [-0.1, -0.05) is 54.4 Å². The molecular weight excluding hydrogens is 194 g/mol. The van der Waals surface area contributed by atoms with E-state index in [1.807, 2.05) is 0 Å². The lowest BCUT2D eigenvalue weighted by Gasteiger charge is -2.32. The minimum absolute atomic E-state index is 0.707. The fraction of sp³-hybridized carbons (Fsp3) is 1.00. The molecule has 0 aliphatic heterocycles. The third-order valence-electron chi connectivity index (χ3n) is 3.78. The largest absolute Gasteiger partial charge is 0.313 e. The van der Waals surface area contributed by atoms with Gasteiger partial charge in [0.25, 0.3) is 0 Å². The van der Waals surface area contributed by atoms with Crippen LogP contribution >= 0.6 is 0 Å². The van der Waals surface area contributed by atoms with E-state index in [1.165, 1.54) is 32.2 Å². The van der Waals surface area contributed by atoms with Crippen LogP contribution in [0.1, 0.15) is 67.2 Å². The van der Waals surface area contributed by atoms with Gasteiger partial charge in [0.15, 0.2) is 0 Å². The molecule has 98 valence electrons. The van der Waals surface area contributed by atoms with E-state index < -0.39 is 0 Å². The SMILES string of the molecule is CCCNC(C(C)C)C(CC)CC(C)CC. The highest BCUT2D eigenvalue weighted by molar-refractivity contribution is 4.79. The van der Waals surface area contributed by atoms with Gasteiger partial charge in [0.05, 0.1) is 0 Å². The molecule has 0 aliphatic carbocycles. The molecule has 0 saturated carbocycles. The first-order valence-corrected chi connectivity index (χ1v) is 7.30. The van der Waals surface area contributed by atoms with Crippen LogP contribution in [-0.4, -0.2) is 12.6 Å². The molecule has 1 heteroatoms. The van der Waals surface area contributed by atoms with Crippen molar-refractivity contribution in [1.82, 2.24) is 5.32 Å². The summed E-state index contributed by atoms with van der Waals surface area (Å²) in [5.41, 5.74) is 0. The second-order valence-electron chi connectivity index (χ2n) is 5.64. The molecule has 1 N–H and O–H groups in total. The molecule has 0 bridgehead atoms. The highest BCUT2D eigenvalue weighted by Gasteiger charge is 2.23. The Bertz CT molecular complexity index is 154. The molecule has 0 aromatic heterocycles. The van der Waals surface area contributed by atoms with Gasteiger partial charge in [-0.05, 0) is 37.1 Å². The molecule has 0 aliphatic rings. The van der Waals surface area contributed by atoms with Gasteiger partial charge in [0.1, 0.15) is 0 Å². The molecule has 0 heterocycles. The molecule has 0 rings (SSSR count). The Kier molecular flexibility index (Phi) is 9.02. The molecule has 0 saturated heterocycles. The Hall–Kier alpha value is -0.0400. The maximum absolute atomic E-state index is 3.75. The maximum Gasteiger partial charge on any atom is 0.0118 e. The monoisotopic (exact) mass is 227 g/mol. The van der Waals surface area contributed by atoms with Crippen LogP contribution in [0.4, 0.5) is 0 Å². The minimum Gasteiger partial charge on any atom is -0.313 e. The Balaban J connectivity index is 4.32. The molecule has 0 aromatic rings. The van der Waals surface area contributed by atoms with Crippen LogP contribution < -0.4 is 5.32 Å². The van der Waals surface area contributed by atoms with E-state index in [-0.39, 0.29) is 0 Å². The topological polar surface area (TPSA) is 12.0 Å². The zero-order chi connectivity index (χ0) is 12.6. The van der Waals surface area contributed by atoms with E-state index in [1.54, 1.807) is 0 Å². The lowest BCUT2D eigenvalue weighted by molar-refractivity contribution is 0.235. The summed E-state index contributed by atoms with van der Waals surface area (Å²) < 4.78 is 0. The maximum atomic E-state index is 3.75. The second-order valence-corrected chi connectivity index (χ2v) is 5.64. The van der Waals surface area contributed by atoms with Gasteiger partial charge in [0, 0.05) is 6.04 Å². The van der Waals surface area contributed by atoms with Gasteiger partial charge in [-0.2, -0.15) is 0 Å². The smallest absolute Gasteiger partial charge is 0.0118 e. The molecule has 3 unspecified atom stereocenters. The van der Waals surface area contributed by atoms with E-state index in [4.69, 9.17) is 0 Å². The van der Waals surface area contributed by atoms with Gasteiger partial charge in [0.2, 0.25) is 0 Å². The van der Waals surface area contributed by atoms with Gasteiger partial charge >= 0.3 is 0 Å². The van der Waals surface area contributed by atoms with E-state index in [9.17, 15) is 0 Å². The number of hydrogen-bond acceptors (Lipinski definition) is 1. The molecule has 0 spiro atoms. The van der Waals surface area contributed by atoms with Crippen molar-refractivity contribution in [1.29, 1.82) is 0 Å². The van der Waals surface area contributed by atoms with E-state index in [0.717, 1.165) is 17.8 Å². The third-order valence-corrected chi connectivity index (χ3v) is 3.78. The predicted octanol–water partition coefficient (Wildman–Crippen LogP) is 4.47. The van der Waals surface area contributed by atoms with Crippen LogP contribution in [0, 0.1) is 17.8 Å². The summed E-state index contributed by atoms with van der Waals surface area (Å²) >= 11 is 0. The Morgan fingerprint density at radius 1 is 0.938 bits per heavy atom. The quantitative estimate of drug-likeness (QED) is 0.612. The molecule has 0 amide bonds. The van der Waals surface area contributed by atoms with Gasteiger partial charge in [-0.3, -0.25) is 0 Å². The summed E-state index contributed by atoms with van der Waals surface area (Å²) in [6, 6.07) is 0.707. The summed E-state index contributed by atoms with van der Waals surface area (Å²) in [5, 5.41) is 3.75. The molecule has 16 heavy (non-hydrogen) atoms. The standard InChI is InChI=1S/C15H33N/c1-7-10-16-15(12(4)5)14(9-3)11-13(6)8-2/h12-16H,7-11H2,1-6H3. The molecule has 0 fully saturated rings. The van der Waals surface area contributed by atoms with Crippen LogP contribution in [0.2, 0.25) is 0 Å². The summed E-state index contributed by atoms with van der Waals surface area (Å²) in [4.78, 5) is 0. The summed E-state index contributed by atoms with van der Waals surface area (Å²) in [5.74, 6) is 2.47. The van der Waals surface area contributed by atoms with Gasteiger partial charge in [-0.15, -0.1) is 0 Å².